The van der Waals surface area contributed by atoms with Gasteiger partial charge in [-0.1, -0.05) is 194 Å². The number of hydrogen-bond acceptors (Lipinski definition) is 6. The summed E-state index contributed by atoms with van der Waals surface area (Å²) >= 11 is 0. The van der Waals surface area contributed by atoms with Gasteiger partial charge in [0.05, 0.1) is 0 Å². The highest BCUT2D eigenvalue weighted by Gasteiger charge is 2.22. The van der Waals surface area contributed by atoms with Crippen LogP contribution >= 0.6 is 0 Å². The maximum atomic E-state index is 6.74. The predicted octanol–water partition coefficient (Wildman–Crippen LogP) is 17.7. The van der Waals surface area contributed by atoms with Crippen molar-refractivity contribution in [2.75, 3.05) is 0 Å². The highest BCUT2D eigenvalue weighted by atomic mass is 16.4. The number of rotatable bonds is 6. The molecular formula is C66H38N4O2. The van der Waals surface area contributed by atoms with Crippen LogP contribution in [-0.2, 0) is 0 Å². The molecule has 72 heavy (non-hydrogen) atoms. The molecule has 0 atom stereocenters. The zero-order chi connectivity index (χ0) is 47.3. The van der Waals surface area contributed by atoms with Crippen LogP contribution in [0, 0.1) is 0 Å². The molecule has 0 aliphatic carbocycles. The van der Waals surface area contributed by atoms with E-state index in [9.17, 15) is 0 Å². The molecule has 6 heteroatoms. The summed E-state index contributed by atoms with van der Waals surface area (Å²) in [5.74, 6) is 2.46. The molecular weight excluding hydrogens is 881 g/mol. The van der Waals surface area contributed by atoms with E-state index in [1.165, 1.54) is 0 Å². The number of fused-ring (bicyclic) bond motifs is 9. The van der Waals surface area contributed by atoms with E-state index in [-0.39, 0.29) is 0 Å². The standard InChI is InChI=1S/C66H38N4O2/c1-2-15-41(16-3-1)66-67-57-38-58-56(37-59(57)72-66)55-28-14-27-54(62(55)71-58)53-34-33-46(51-25-12-13-26-52(51)53)39-29-31-40(32-30-39)63-68-64(60-47-21-8-4-17-42(47)35-43-18-5-9-22-48(43)60)70-65(69-63)61-49-23-10-6-19-44(49)36-45-20-7-11-24-50(45)61/h1-38H. The van der Waals surface area contributed by atoms with Crippen molar-refractivity contribution in [1.29, 1.82) is 0 Å². The molecule has 0 aliphatic rings. The second-order valence-corrected chi connectivity index (χ2v) is 18.5. The minimum absolute atomic E-state index is 0.592. The first-order valence-electron chi connectivity index (χ1n) is 24.2. The Hall–Kier alpha value is -9.78. The van der Waals surface area contributed by atoms with Crippen molar-refractivity contribution in [2.45, 2.75) is 0 Å². The quantitative estimate of drug-likeness (QED) is 0.155. The highest BCUT2D eigenvalue weighted by Crippen LogP contribution is 2.44. The van der Waals surface area contributed by atoms with Crippen LogP contribution in [0.5, 0.6) is 0 Å². The molecule has 0 N–H and O–H groups in total. The van der Waals surface area contributed by atoms with Gasteiger partial charge in [0.1, 0.15) is 16.7 Å². The SMILES string of the molecule is c1ccc(-c2nc3cc4oc5c(-c6ccc(-c7ccc(-c8nc(-c9c%10ccccc%10cc%10ccccc9%10)nc(-c9c%10ccccc%10cc%10ccccc9%10)n8)cc7)c7ccccc67)cccc5c4cc3o2)cc1. The second kappa shape index (κ2) is 15.9. The Bertz CT molecular complexity index is 4440. The van der Waals surface area contributed by atoms with Crippen LogP contribution in [0.2, 0.25) is 0 Å². The van der Waals surface area contributed by atoms with E-state index in [2.05, 4.69) is 194 Å². The molecule has 15 rings (SSSR count). The van der Waals surface area contributed by atoms with Crippen molar-refractivity contribution in [1.82, 2.24) is 19.9 Å². The lowest BCUT2D eigenvalue weighted by molar-refractivity contribution is 0.620. The maximum Gasteiger partial charge on any atom is 0.227 e. The minimum Gasteiger partial charge on any atom is -0.455 e. The molecule has 0 unspecified atom stereocenters. The van der Waals surface area contributed by atoms with Gasteiger partial charge in [-0.05, 0) is 101 Å². The van der Waals surface area contributed by atoms with Gasteiger partial charge in [0.15, 0.2) is 23.1 Å². The first kappa shape index (κ1) is 40.1. The molecule has 0 amide bonds. The molecule has 6 nitrogen and oxygen atoms in total. The molecule has 334 valence electrons. The van der Waals surface area contributed by atoms with Crippen LogP contribution in [-0.4, -0.2) is 19.9 Å². The summed E-state index contributed by atoms with van der Waals surface area (Å²) in [6, 6.07) is 80.7. The average Bonchev–Trinajstić information content (AvgIpc) is 4.04. The van der Waals surface area contributed by atoms with Crippen molar-refractivity contribution in [3.8, 4) is 67.9 Å². The average molecular weight is 919 g/mol. The van der Waals surface area contributed by atoms with Crippen LogP contribution in [0.15, 0.2) is 239 Å². The zero-order valence-corrected chi connectivity index (χ0v) is 38.5. The van der Waals surface area contributed by atoms with Crippen LogP contribution in [0.1, 0.15) is 0 Å². The van der Waals surface area contributed by atoms with Gasteiger partial charge in [-0.3, -0.25) is 0 Å². The Morgan fingerprint density at radius 3 is 1.35 bits per heavy atom. The fourth-order valence-electron chi connectivity index (χ4n) is 11.0. The van der Waals surface area contributed by atoms with Gasteiger partial charge in [0.2, 0.25) is 5.89 Å². The lowest BCUT2D eigenvalue weighted by Crippen LogP contribution is -2.02. The molecule has 15 aromatic rings. The second-order valence-electron chi connectivity index (χ2n) is 18.5. The van der Waals surface area contributed by atoms with E-state index >= 15 is 0 Å². The molecule has 0 saturated heterocycles. The third-order valence-electron chi connectivity index (χ3n) is 14.3. The summed E-state index contributed by atoms with van der Waals surface area (Å²) in [7, 11) is 0. The lowest BCUT2D eigenvalue weighted by Gasteiger charge is -2.15. The van der Waals surface area contributed by atoms with E-state index in [1.807, 2.05) is 36.4 Å². The fourth-order valence-corrected chi connectivity index (χ4v) is 11.0. The Morgan fingerprint density at radius 2 is 0.750 bits per heavy atom. The highest BCUT2D eigenvalue weighted by molar-refractivity contribution is 6.16. The van der Waals surface area contributed by atoms with Crippen molar-refractivity contribution >= 4 is 86.9 Å². The molecule has 0 saturated carbocycles. The van der Waals surface area contributed by atoms with Gasteiger partial charge in [-0.15, -0.1) is 0 Å². The van der Waals surface area contributed by atoms with Crippen molar-refractivity contribution < 1.29 is 8.83 Å². The van der Waals surface area contributed by atoms with E-state index < -0.39 is 0 Å². The van der Waals surface area contributed by atoms with E-state index in [1.54, 1.807) is 0 Å². The normalized spacial score (nSPS) is 11.9. The summed E-state index contributed by atoms with van der Waals surface area (Å²) in [4.78, 5) is 21.0. The molecule has 0 bridgehead atoms. The first-order chi connectivity index (χ1) is 35.7. The third-order valence-corrected chi connectivity index (χ3v) is 14.3. The lowest BCUT2D eigenvalue weighted by atomic mass is 9.91. The van der Waals surface area contributed by atoms with Crippen molar-refractivity contribution in [3.63, 3.8) is 0 Å². The molecule has 0 aliphatic heterocycles. The maximum absolute atomic E-state index is 6.74. The number of furan rings is 1. The molecule has 0 fully saturated rings. The molecule has 3 aromatic heterocycles. The number of para-hydroxylation sites is 1. The van der Waals surface area contributed by atoms with Gasteiger partial charge in [0, 0.05) is 44.7 Å². The van der Waals surface area contributed by atoms with Gasteiger partial charge in [-0.2, -0.15) is 0 Å². The first-order valence-corrected chi connectivity index (χ1v) is 24.2. The third kappa shape index (κ3) is 6.36. The minimum atomic E-state index is 0.592. The Balaban J connectivity index is 0.866. The summed E-state index contributed by atoms with van der Waals surface area (Å²) in [5, 5.41) is 13.2. The molecule has 3 heterocycles. The van der Waals surface area contributed by atoms with Crippen LogP contribution in [0.4, 0.5) is 0 Å². The van der Waals surface area contributed by atoms with Crippen LogP contribution in [0.25, 0.3) is 155 Å². The van der Waals surface area contributed by atoms with E-state index in [0.29, 0.717) is 23.4 Å². The Labute approximate surface area is 412 Å². The monoisotopic (exact) mass is 918 g/mol. The summed E-state index contributed by atoms with van der Waals surface area (Å²) < 4.78 is 13.0. The molecule has 0 radical (unpaired) electrons. The summed E-state index contributed by atoms with van der Waals surface area (Å²) in [6.07, 6.45) is 0. The van der Waals surface area contributed by atoms with Gasteiger partial charge >= 0.3 is 0 Å². The summed E-state index contributed by atoms with van der Waals surface area (Å²) in [5.41, 5.74) is 11.2. The number of benzene rings is 12. The van der Waals surface area contributed by atoms with Crippen molar-refractivity contribution in [3.05, 3.63) is 231 Å². The van der Waals surface area contributed by atoms with Crippen molar-refractivity contribution in [2.24, 2.45) is 0 Å². The van der Waals surface area contributed by atoms with E-state index in [4.69, 9.17) is 28.8 Å². The van der Waals surface area contributed by atoms with E-state index in [0.717, 1.165) is 131 Å². The number of hydrogen-bond donors (Lipinski definition) is 0. The smallest absolute Gasteiger partial charge is 0.227 e. The Kier molecular flexibility index (Phi) is 8.86. The largest absolute Gasteiger partial charge is 0.455 e. The fraction of sp³-hybridized carbons (Fsp3) is 0. The van der Waals surface area contributed by atoms with Gasteiger partial charge < -0.3 is 8.83 Å². The van der Waals surface area contributed by atoms with Gasteiger partial charge in [-0.25, -0.2) is 19.9 Å². The predicted molar refractivity (Wildman–Crippen MR) is 295 cm³/mol. The molecule has 0 spiro atoms. The Morgan fingerprint density at radius 1 is 0.264 bits per heavy atom. The van der Waals surface area contributed by atoms with Gasteiger partial charge in [0.25, 0.3) is 0 Å². The number of nitrogens with zero attached hydrogens (tertiary/aromatic N) is 4. The molecule has 12 aromatic carbocycles. The summed E-state index contributed by atoms with van der Waals surface area (Å²) in [6.45, 7) is 0. The number of aromatic nitrogens is 4. The topological polar surface area (TPSA) is 77.8 Å². The number of oxazole rings is 1. The van der Waals surface area contributed by atoms with Crippen LogP contribution in [0.3, 0.4) is 0 Å². The zero-order valence-electron chi connectivity index (χ0n) is 38.5. The van der Waals surface area contributed by atoms with Crippen LogP contribution < -0.4 is 0 Å².